The zero-order valence-corrected chi connectivity index (χ0v) is 24.5. The molecule has 6 aromatic carbocycles. The van der Waals surface area contributed by atoms with Crippen molar-refractivity contribution in [2.45, 2.75) is 0 Å². The van der Waals surface area contributed by atoms with E-state index in [0.29, 0.717) is 5.82 Å². The summed E-state index contributed by atoms with van der Waals surface area (Å²) in [6.45, 7) is 0. The third-order valence-corrected chi connectivity index (χ3v) is 8.11. The largest absolute Gasteiger partial charge is 0.455 e. The SMILES string of the molecule is c1ccc(-c2cc(-c3cccc(-c4cccc5c(-c6ccccc6)c(-c6ccccc6)oc45)c3)nc(-c3ccccc3)n2)cc1. The highest BCUT2D eigenvalue weighted by atomic mass is 16.3. The van der Waals surface area contributed by atoms with Gasteiger partial charge in [0, 0.05) is 38.8 Å². The van der Waals surface area contributed by atoms with Gasteiger partial charge in [-0.3, -0.25) is 0 Å². The molecule has 0 saturated carbocycles. The first kappa shape index (κ1) is 26.6. The van der Waals surface area contributed by atoms with Gasteiger partial charge in [0.25, 0.3) is 0 Å². The molecule has 8 rings (SSSR count). The third-order valence-electron chi connectivity index (χ3n) is 8.11. The molecule has 0 N–H and O–H groups in total. The average molecular weight is 577 g/mol. The van der Waals surface area contributed by atoms with Crippen LogP contribution in [0.1, 0.15) is 0 Å². The van der Waals surface area contributed by atoms with Crippen molar-refractivity contribution in [2.24, 2.45) is 0 Å². The first-order valence-electron chi connectivity index (χ1n) is 15.1. The zero-order valence-electron chi connectivity index (χ0n) is 24.5. The minimum atomic E-state index is 0.700. The van der Waals surface area contributed by atoms with E-state index in [4.69, 9.17) is 14.4 Å². The Balaban J connectivity index is 1.30. The summed E-state index contributed by atoms with van der Waals surface area (Å²) < 4.78 is 6.80. The van der Waals surface area contributed by atoms with Crippen LogP contribution in [0.4, 0.5) is 0 Å². The molecular weight excluding hydrogens is 548 g/mol. The summed E-state index contributed by atoms with van der Waals surface area (Å²) in [5.74, 6) is 1.57. The second-order valence-corrected chi connectivity index (χ2v) is 11.0. The molecule has 45 heavy (non-hydrogen) atoms. The van der Waals surface area contributed by atoms with Crippen LogP contribution in [-0.4, -0.2) is 9.97 Å². The molecule has 0 atom stereocenters. The Bertz CT molecular complexity index is 2180. The molecular formula is C42H28N2O. The standard InChI is InChI=1S/C42H28N2O/c1-5-15-29(16-6-1)37-28-38(44-42(43-37)32-21-11-4-12-22-32)34-24-13-23-33(27-34)35-25-14-26-36-39(30-17-7-2-8-18-30)40(45-41(35)36)31-19-9-3-10-20-31/h1-28H. The van der Waals surface area contributed by atoms with E-state index in [1.165, 1.54) is 0 Å². The normalized spacial score (nSPS) is 11.1. The minimum absolute atomic E-state index is 0.700. The first-order valence-corrected chi connectivity index (χ1v) is 15.1. The monoisotopic (exact) mass is 576 g/mol. The van der Waals surface area contributed by atoms with Crippen molar-refractivity contribution in [3.63, 3.8) is 0 Å². The molecule has 0 spiro atoms. The molecule has 0 aliphatic heterocycles. The van der Waals surface area contributed by atoms with Crippen molar-refractivity contribution in [3.05, 3.63) is 170 Å². The molecule has 0 amide bonds. The molecule has 3 nitrogen and oxygen atoms in total. The maximum Gasteiger partial charge on any atom is 0.160 e. The Hall–Kier alpha value is -6.06. The Kier molecular flexibility index (Phi) is 6.82. The lowest BCUT2D eigenvalue weighted by Crippen LogP contribution is -1.96. The van der Waals surface area contributed by atoms with Crippen LogP contribution in [0.5, 0.6) is 0 Å². The van der Waals surface area contributed by atoms with Gasteiger partial charge in [-0.2, -0.15) is 0 Å². The van der Waals surface area contributed by atoms with Gasteiger partial charge in [0.15, 0.2) is 5.82 Å². The van der Waals surface area contributed by atoms with Crippen LogP contribution in [0, 0.1) is 0 Å². The maximum atomic E-state index is 6.80. The predicted octanol–water partition coefficient (Wildman–Crippen LogP) is 11.2. The molecule has 2 aromatic heterocycles. The smallest absolute Gasteiger partial charge is 0.160 e. The van der Waals surface area contributed by atoms with Crippen molar-refractivity contribution in [1.82, 2.24) is 9.97 Å². The van der Waals surface area contributed by atoms with Gasteiger partial charge in [-0.25, -0.2) is 9.97 Å². The van der Waals surface area contributed by atoms with E-state index >= 15 is 0 Å². The predicted molar refractivity (Wildman–Crippen MR) is 184 cm³/mol. The molecule has 0 unspecified atom stereocenters. The van der Waals surface area contributed by atoms with E-state index in [-0.39, 0.29) is 0 Å². The van der Waals surface area contributed by atoms with E-state index < -0.39 is 0 Å². The molecule has 8 aromatic rings. The van der Waals surface area contributed by atoms with Gasteiger partial charge < -0.3 is 4.42 Å². The second-order valence-electron chi connectivity index (χ2n) is 11.0. The highest BCUT2D eigenvalue weighted by Gasteiger charge is 2.20. The molecule has 0 fully saturated rings. The van der Waals surface area contributed by atoms with E-state index in [2.05, 4.69) is 121 Å². The van der Waals surface area contributed by atoms with Crippen LogP contribution in [0.25, 0.3) is 78.4 Å². The lowest BCUT2D eigenvalue weighted by atomic mass is 9.95. The summed E-state index contributed by atoms with van der Waals surface area (Å²) in [7, 11) is 0. The lowest BCUT2D eigenvalue weighted by Gasteiger charge is -2.11. The van der Waals surface area contributed by atoms with Crippen LogP contribution in [0.2, 0.25) is 0 Å². The van der Waals surface area contributed by atoms with Crippen molar-refractivity contribution in [2.75, 3.05) is 0 Å². The molecule has 2 heterocycles. The van der Waals surface area contributed by atoms with Gasteiger partial charge in [-0.1, -0.05) is 158 Å². The molecule has 0 saturated heterocycles. The van der Waals surface area contributed by atoms with E-state index in [1.807, 2.05) is 48.5 Å². The van der Waals surface area contributed by atoms with E-state index in [1.54, 1.807) is 0 Å². The van der Waals surface area contributed by atoms with Crippen molar-refractivity contribution in [3.8, 4) is 67.5 Å². The lowest BCUT2D eigenvalue weighted by molar-refractivity contribution is 0.633. The van der Waals surface area contributed by atoms with E-state index in [9.17, 15) is 0 Å². The molecule has 0 radical (unpaired) electrons. The molecule has 0 aliphatic rings. The Morgan fingerprint density at radius 3 is 1.56 bits per heavy atom. The van der Waals surface area contributed by atoms with Crippen LogP contribution in [0.15, 0.2) is 174 Å². The Labute approximate surface area is 262 Å². The number of benzene rings is 6. The second kappa shape index (κ2) is 11.6. The van der Waals surface area contributed by atoms with Crippen LogP contribution in [-0.2, 0) is 0 Å². The summed E-state index contributed by atoms with van der Waals surface area (Å²) in [5.41, 5.74) is 11.0. The van der Waals surface area contributed by atoms with E-state index in [0.717, 1.165) is 72.6 Å². The number of para-hydroxylation sites is 1. The fourth-order valence-corrected chi connectivity index (χ4v) is 5.95. The Morgan fingerprint density at radius 1 is 0.378 bits per heavy atom. The van der Waals surface area contributed by atoms with Crippen molar-refractivity contribution in [1.29, 1.82) is 0 Å². The number of aromatic nitrogens is 2. The summed E-state index contributed by atoms with van der Waals surface area (Å²) in [5, 5.41) is 1.09. The summed E-state index contributed by atoms with van der Waals surface area (Å²) in [6.07, 6.45) is 0. The minimum Gasteiger partial charge on any atom is -0.455 e. The number of hydrogen-bond donors (Lipinski definition) is 0. The summed E-state index contributed by atoms with van der Waals surface area (Å²) in [6, 6.07) is 58.3. The highest BCUT2D eigenvalue weighted by Crippen LogP contribution is 2.44. The van der Waals surface area contributed by atoms with Gasteiger partial charge in [0.2, 0.25) is 0 Å². The average Bonchev–Trinajstić information content (AvgIpc) is 3.53. The number of furan rings is 1. The van der Waals surface area contributed by atoms with Crippen LogP contribution < -0.4 is 0 Å². The van der Waals surface area contributed by atoms with Crippen LogP contribution in [0.3, 0.4) is 0 Å². The number of fused-ring (bicyclic) bond motifs is 1. The fraction of sp³-hybridized carbons (Fsp3) is 0. The number of nitrogens with zero attached hydrogens (tertiary/aromatic N) is 2. The number of hydrogen-bond acceptors (Lipinski definition) is 3. The molecule has 0 bridgehead atoms. The van der Waals surface area contributed by atoms with Crippen molar-refractivity contribution >= 4 is 11.0 Å². The Morgan fingerprint density at radius 2 is 0.889 bits per heavy atom. The van der Waals surface area contributed by atoms with Gasteiger partial charge in [0.1, 0.15) is 11.3 Å². The molecule has 3 heteroatoms. The first-order chi connectivity index (χ1) is 22.3. The molecule has 212 valence electrons. The van der Waals surface area contributed by atoms with Gasteiger partial charge >= 0.3 is 0 Å². The van der Waals surface area contributed by atoms with Crippen molar-refractivity contribution < 1.29 is 4.42 Å². The van der Waals surface area contributed by atoms with Gasteiger partial charge in [0.05, 0.1) is 11.4 Å². The maximum absolute atomic E-state index is 6.80. The zero-order chi connectivity index (χ0) is 30.0. The summed E-state index contributed by atoms with van der Waals surface area (Å²) >= 11 is 0. The quantitative estimate of drug-likeness (QED) is 0.198. The van der Waals surface area contributed by atoms with Gasteiger partial charge in [-0.05, 0) is 23.3 Å². The third kappa shape index (κ3) is 5.11. The highest BCUT2D eigenvalue weighted by molar-refractivity contribution is 6.07. The van der Waals surface area contributed by atoms with Gasteiger partial charge in [-0.15, -0.1) is 0 Å². The summed E-state index contributed by atoms with van der Waals surface area (Å²) in [4.78, 5) is 10.0. The topological polar surface area (TPSA) is 38.9 Å². The van der Waals surface area contributed by atoms with Crippen LogP contribution >= 0.6 is 0 Å². The fourth-order valence-electron chi connectivity index (χ4n) is 5.95. The number of rotatable bonds is 6. The molecule has 0 aliphatic carbocycles.